The maximum absolute atomic E-state index is 9.43. The lowest BCUT2D eigenvalue weighted by Gasteiger charge is -2.26. The fourth-order valence-corrected chi connectivity index (χ4v) is 2.96. The first-order chi connectivity index (χ1) is 8.30. The molecule has 1 N–H and O–H groups in total. The highest BCUT2D eigenvalue weighted by Crippen LogP contribution is 2.41. The van der Waals surface area contributed by atoms with E-state index in [0.717, 1.165) is 30.2 Å². The van der Waals surface area contributed by atoms with E-state index in [0.29, 0.717) is 5.92 Å². The zero-order chi connectivity index (χ0) is 12.1. The molecular weight excluding hydrogens is 232 g/mol. The molecule has 1 heterocycles. The van der Waals surface area contributed by atoms with Crippen molar-refractivity contribution in [3.63, 3.8) is 0 Å². The van der Waals surface area contributed by atoms with Crippen molar-refractivity contribution in [2.45, 2.75) is 30.3 Å². The van der Waals surface area contributed by atoms with Crippen molar-refractivity contribution in [3.8, 4) is 6.07 Å². The molecule has 0 spiro atoms. The summed E-state index contributed by atoms with van der Waals surface area (Å²) >= 11 is 1.60. The Kier molecular flexibility index (Phi) is 3.97. The molecule has 17 heavy (non-hydrogen) atoms. The van der Waals surface area contributed by atoms with Gasteiger partial charge in [-0.3, -0.25) is 10.3 Å². The third kappa shape index (κ3) is 2.96. The average Bonchev–Trinajstić information content (AvgIpc) is 3.20. The molecule has 5 heteroatoms. The van der Waals surface area contributed by atoms with E-state index in [4.69, 9.17) is 0 Å². The molecule has 0 aliphatic heterocycles. The van der Waals surface area contributed by atoms with Gasteiger partial charge in [0.1, 0.15) is 10.6 Å². The van der Waals surface area contributed by atoms with Gasteiger partial charge >= 0.3 is 0 Å². The second-order valence-corrected chi connectivity index (χ2v) is 5.22. The van der Waals surface area contributed by atoms with Gasteiger partial charge in [-0.1, -0.05) is 6.92 Å². The van der Waals surface area contributed by atoms with E-state index in [1.165, 1.54) is 0 Å². The molecule has 0 radical (unpaired) electrons. The molecule has 0 bridgehead atoms. The molecule has 1 saturated carbocycles. The number of thioether (sulfide) groups is 1. The van der Waals surface area contributed by atoms with Crippen LogP contribution in [-0.2, 0) is 0 Å². The summed E-state index contributed by atoms with van der Waals surface area (Å²) in [6.45, 7) is 2.87. The zero-order valence-corrected chi connectivity index (χ0v) is 10.7. The van der Waals surface area contributed by atoms with Crippen LogP contribution in [0.25, 0.3) is 0 Å². The Balaban J connectivity index is 2.01. The fourth-order valence-electron chi connectivity index (χ4n) is 1.92. The van der Waals surface area contributed by atoms with Crippen molar-refractivity contribution < 1.29 is 0 Å². The molecule has 1 unspecified atom stereocenters. The second-order valence-electron chi connectivity index (χ2n) is 4.22. The molecule has 1 fully saturated rings. The predicted octanol–water partition coefficient (Wildman–Crippen LogP) is 1.85. The van der Waals surface area contributed by atoms with Gasteiger partial charge in [-0.25, -0.2) is 4.98 Å². The van der Waals surface area contributed by atoms with E-state index in [2.05, 4.69) is 21.4 Å². The van der Waals surface area contributed by atoms with Crippen LogP contribution < -0.4 is 5.32 Å². The minimum atomic E-state index is -0.392. The number of rotatable bonds is 6. The first-order valence-electron chi connectivity index (χ1n) is 5.86. The second kappa shape index (κ2) is 5.48. The van der Waals surface area contributed by atoms with E-state index in [1.807, 2.05) is 6.92 Å². The van der Waals surface area contributed by atoms with Gasteiger partial charge in [-0.05, 0) is 25.3 Å². The highest BCUT2D eigenvalue weighted by Gasteiger charge is 2.45. The van der Waals surface area contributed by atoms with Crippen molar-refractivity contribution in [2.24, 2.45) is 5.92 Å². The molecule has 4 nitrogen and oxygen atoms in total. The number of hydrogen-bond acceptors (Lipinski definition) is 5. The molecule has 1 aliphatic carbocycles. The van der Waals surface area contributed by atoms with Gasteiger partial charge in [0.05, 0.1) is 12.3 Å². The van der Waals surface area contributed by atoms with E-state index in [-0.39, 0.29) is 0 Å². The van der Waals surface area contributed by atoms with Gasteiger partial charge in [0, 0.05) is 18.1 Å². The quantitative estimate of drug-likeness (QED) is 0.778. The molecule has 0 aromatic carbocycles. The van der Waals surface area contributed by atoms with Crippen LogP contribution in [0.1, 0.15) is 19.8 Å². The van der Waals surface area contributed by atoms with Crippen LogP contribution in [0.3, 0.4) is 0 Å². The van der Waals surface area contributed by atoms with Crippen LogP contribution in [0.5, 0.6) is 0 Å². The minimum absolute atomic E-state index is 0.392. The first kappa shape index (κ1) is 12.3. The topological polar surface area (TPSA) is 61.6 Å². The number of nitriles is 1. The van der Waals surface area contributed by atoms with Gasteiger partial charge in [-0.2, -0.15) is 5.26 Å². The highest BCUT2D eigenvalue weighted by atomic mass is 32.2. The largest absolute Gasteiger partial charge is 0.299 e. The summed E-state index contributed by atoms with van der Waals surface area (Å²) in [5.41, 5.74) is -0.392. The van der Waals surface area contributed by atoms with Crippen molar-refractivity contribution in [3.05, 3.63) is 18.6 Å². The summed E-state index contributed by atoms with van der Waals surface area (Å²) in [7, 11) is 0. The zero-order valence-electron chi connectivity index (χ0n) is 9.89. The van der Waals surface area contributed by atoms with E-state index >= 15 is 0 Å². The van der Waals surface area contributed by atoms with Crippen molar-refractivity contribution in [1.82, 2.24) is 15.3 Å². The normalized spacial score (nSPS) is 18.4. The number of aromatic nitrogens is 2. The van der Waals surface area contributed by atoms with Gasteiger partial charge in [-0.15, -0.1) is 11.8 Å². The Bertz CT molecular complexity index is 399. The summed E-state index contributed by atoms with van der Waals surface area (Å²) in [5, 5.41) is 13.7. The highest BCUT2D eigenvalue weighted by molar-refractivity contribution is 7.99. The average molecular weight is 248 g/mol. The predicted molar refractivity (Wildman–Crippen MR) is 67.5 cm³/mol. The van der Waals surface area contributed by atoms with Gasteiger partial charge in [0.2, 0.25) is 0 Å². The molecule has 1 atom stereocenters. The SMILES string of the molecule is CCNC(C#N)(CSc1cnccn1)C1CC1. The Labute approximate surface area is 106 Å². The Morgan fingerprint density at radius 1 is 1.59 bits per heavy atom. The molecule has 1 aliphatic rings. The lowest BCUT2D eigenvalue weighted by Crippen LogP contribution is -2.48. The fraction of sp³-hybridized carbons (Fsp3) is 0.583. The van der Waals surface area contributed by atoms with Crippen LogP contribution in [0.4, 0.5) is 0 Å². The Morgan fingerprint density at radius 2 is 2.41 bits per heavy atom. The molecular formula is C12H16N4S. The van der Waals surface area contributed by atoms with Crippen LogP contribution in [0, 0.1) is 17.2 Å². The van der Waals surface area contributed by atoms with E-state index in [9.17, 15) is 5.26 Å². The monoisotopic (exact) mass is 248 g/mol. The molecule has 1 aromatic heterocycles. The number of nitrogens with one attached hydrogen (secondary N) is 1. The van der Waals surface area contributed by atoms with Crippen LogP contribution in [-0.4, -0.2) is 27.8 Å². The summed E-state index contributed by atoms with van der Waals surface area (Å²) < 4.78 is 0. The minimum Gasteiger partial charge on any atom is -0.299 e. The molecule has 90 valence electrons. The van der Waals surface area contributed by atoms with E-state index < -0.39 is 5.54 Å². The molecule has 1 aromatic rings. The summed E-state index contributed by atoms with van der Waals surface area (Å²) in [6.07, 6.45) is 7.39. The summed E-state index contributed by atoms with van der Waals surface area (Å²) in [5.74, 6) is 1.23. The first-order valence-corrected chi connectivity index (χ1v) is 6.84. The van der Waals surface area contributed by atoms with Crippen LogP contribution in [0.15, 0.2) is 23.6 Å². The third-order valence-electron chi connectivity index (χ3n) is 2.95. The van der Waals surface area contributed by atoms with Crippen LogP contribution in [0.2, 0.25) is 0 Å². The Morgan fingerprint density at radius 3 is 2.94 bits per heavy atom. The standard InChI is InChI=1S/C12H16N4S/c1-2-16-12(8-13,10-3-4-10)9-17-11-7-14-5-6-15-11/h5-7,10,16H,2-4,9H2,1H3. The third-order valence-corrected chi connectivity index (χ3v) is 4.06. The summed E-state index contributed by atoms with van der Waals surface area (Å²) in [6, 6.07) is 2.47. The Hall–Kier alpha value is -1.12. The molecule has 2 rings (SSSR count). The maximum Gasteiger partial charge on any atom is 0.119 e. The molecule has 0 saturated heterocycles. The smallest absolute Gasteiger partial charge is 0.119 e. The lowest BCUT2D eigenvalue weighted by molar-refractivity contribution is 0.416. The maximum atomic E-state index is 9.43. The van der Waals surface area contributed by atoms with E-state index in [1.54, 1.807) is 30.4 Å². The lowest BCUT2D eigenvalue weighted by atomic mass is 9.98. The van der Waals surface area contributed by atoms with Crippen molar-refractivity contribution in [1.29, 1.82) is 5.26 Å². The van der Waals surface area contributed by atoms with Crippen LogP contribution >= 0.6 is 11.8 Å². The molecule has 0 amide bonds. The van der Waals surface area contributed by atoms with Crippen molar-refractivity contribution >= 4 is 11.8 Å². The summed E-state index contributed by atoms with van der Waals surface area (Å²) in [4.78, 5) is 8.25. The van der Waals surface area contributed by atoms with Gasteiger partial charge in [0.25, 0.3) is 0 Å². The van der Waals surface area contributed by atoms with Gasteiger partial charge < -0.3 is 0 Å². The number of hydrogen-bond donors (Lipinski definition) is 1. The number of nitrogens with zero attached hydrogens (tertiary/aromatic N) is 3. The van der Waals surface area contributed by atoms with Gasteiger partial charge in [0.15, 0.2) is 0 Å². The van der Waals surface area contributed by atoms with Crippen molar-refractivity contribution in [2.75, 3.05) is 12.3 Å².